The zero-order chi connectivity index (χ0) is 20.3. The SMILES string of the molecule is Cc1cccc(-n2c(C)nnc2SCC(=O)c2ccc(NS(C)(=O)=O)cc2)c1. The highest BCUT2D eigenvalue weighted by Gasteiger charge is 2.14. The molecule has 146 valence electrons. The molecule has 0 saturated heterocycles. The fraction of sp³-hybridized carbons (Fsp3) is 0.211. The highest BCUT2D eigenvalue weighted by atomic mass is 32.2. The van der Waals surface area contributed by atoms with Crippen molar-refractivity contribution >= 4 is 33.3 Å². The Hall–Kier alpha value is -2.65. The minimum Gasteiger partial charge on any atom is -0.293 e. The molecule has 0 atom stereocenters. The second-order valence-corrected chi connectivity index (χ2v) is 9.06. The minimum atomic E-state index is -3.35. The van der Waals surface area contributed by atoms with Gasteiger partial charge in [0, 0.05) is 16.9 Å². The summed E-state index contributed by atoms with van der Waals surface area (Å²) in [5.41, 5.74) is 3.00. The van der Waals surface area contributed by atoms with E-state index in [4.69, 9.17) is 0 Å². The highest BCUT2D eigenvalue weighted by Crippen LogP contribution is 2.23. The molecule has 0 aliphatic rings. The Morgan fingerprint density at radius 1 is 1.11 bits per heavy atom. The van der Waals surface area contributed by atoms with Crippen molar-refractivity contribution in [1.29, 1.82) is 0 Å². The van der Waals surface area contributed by atoms with Crippen LogP contribution in [0.15, 0.2) is 53.7 Å². The number of sulfonamides is 1. The zero-order valence-electron chi connectivity index (χ0n) is 15.7. The summed E-state index contributed by atoms with van der Waals surface area (Å²) < 4.78 is 26.8. The molecule has 0 radical (unpaired) electrons. The van der Waals surface area contributed by atoms with Crippen LogP contribution >= 0.6 is 11.8 Å². The van der Waals surface area contributed by atoms with Crippen LogP contribution in [0.4, 0.5) is 5.69 Å². The molecule has 9 heteroatoms. The number of carbonyl (C=O) groups is 1. The molecule has 0 fully saturated rings. The molecule has 0 amide bonds. The molecule has 0 spiro atoms. The molecule has 3 aromatic rings. The van der Waals surface area contributed by atoms with Crippen LogP contribution < -0.4 is 4.72 Å². The number of carbonyl (C=O) groups excluding carboxylic acids is 1. The van der Waals surface area contributed by atoms with Crippen molar-refractivity contribution in [2.24, 2.45) is 0 Å². The number of benzene rings is 2. The van der Waals surface area contributed by atoms with Crippen LogP contribution in [0.1, 0.15) is 21.7 Å². The molecular weight excluding hydrogens is 396 g/mol. The third-order valence-electron chi connectivity index (χ3n) is 3.90. The second kappa shape index (κ2) is 8.15. The first-order valence-corrected chi connectivity index (χ1v) is 11.3. The van der Waals surface area contributed by atoms with E-state index in [1.54, 1.807) is 24.3 Å². The van der Waals surface area contributed by atoms with E-state index in [1.807, 2.05) is 42.7 Å². The molecule has 28 heavy (non-hydrogen) atoms. The number of ketones is 1. The smallest absolute Gasteiger partial charge is 0.229 e. The summed E-state index contributed by atoms with van der Waals surface area (Å²) in [6.07, 6.45) is 1.08. The van der Waals surface area contributed by atoms with Crippen molar-refractivity contribution in [3.63, 3.8) is 0 Å². The lowest BCUT2D eigenvalue weighted by Gasteiger charge is -2.09. The molecule has 1 N–H and O–H groups in total. The summed E-state index contributed by atoms with van der Waals surface area (Å²) in [7, 11) is -3.35. The van der Waals surface area contributed by atoms with Gasteiger partial charge in [-0.25, -0.2) is 8.42 Å². The molecule has 0 saturated carbocycles. The van der Waals surface area contributed by atoms with Gasteiger partial charge in [-0.2, -0.15) is 0 Å². The summed E-state index contributed by atoms with van der Waals surface area (Å²) >= 11 is 1.31. The monoisotopic (exact) mass is 416 g/mol. The van der Waals surface area contributed by atoms with Crippen LogP contribution in [-0.4, -0.2) is 41.0 Å². The van der Waals surface area contributed by atoms with E-state index in [0.29, 0.717) is 16.4 Å². The van der Waals surface area contributed by atoms with Gasteiger partial charge in [0.2, 0.25) is 10.0 Å². The molecule has 1 heterocycles. The van der Waals surface area contributed by atoms with Gasteiger partial charge in [-0.05, 0) is 55.8 Å². The van der Waals surface area contributed by atoms with Crippen LogP contribution in [0.3, 0.4) is 0 Å². The lowest BCUT2D eigenvalue weighted by Crippen LogP contribution is -2.10. The summed E-state index contributed by atoms with van der Waals surface area (Å²) in [5.74, 6) is 0.868. The molecule has 7 nitrogen and oxygen atoms in total. The van der Waals surface area contributed by atoms with E-state index in [2.05, 4.69) is 14.9 Å². The summed E-state index contributed by atoms with van der Waals surface area (Å²) in [4.78, 5) is 12.5. The van der Waals surface area contributed by atoms with E-state index in [1.165, 1.54) is 11.8 Å². The quantitative estimate of drug-likeness (QED) is 0.469. The van der Waals surface area contributed by atoms with Crippen LogP contribution in [0.5, 0.6) is 0 Å². The third-order valence-corrected chi connectivity index (χ3v) is 5.43. The fourth-order valence-electron chi connectivity index (χ4n) is 2.65. The van der Waals surface area contributed by atoms with Crippen LogP contribution in [-0.2, 0) is 10.0 Å². The van der Waals surface area contributed by atoms with Gasteiger partial charge in [-0.3, -0.25) is 14.1 Å². The molecule has 3 rings (SSSR count). The molecule has 0 bridgehead atoms. The Kier molecular flexibility index (Phi) is 5.85. The van der Waals surface area contributed by atoms with Crippen molar-refractivity contribution < 1.29 is 13.2 Å². The Morgan fingerprint density at radius 3 is 2.46 bits per heavy atom. The van der Waals surface area contributed by atoms with Crippen molar-refractivity contribution in [1.82, 2.24) is 14.8 Å². The number of aromatic nitrogens is 3. The average Bonchev–Trinajstić information content (AvgIpc) is 2.99. The van der Waals surface area contributed by atoms with Gasteiger partial charge in [0.1, 0.15) is 5.82 Å². The third kappa shape index (κ3) is 4.99. The topological polar surface area (TPSA) is 93.9 Å². The van der Waals surface area contributed by atoms with Crippen LogP contribution in [0.25, 0.3) is 5.69 Å². The van der Waals surface area contributed by atoms with Crippen LogP contribution in [0, 0.1) is 13.8 Å². The van der Waals surface area contributed by atoms with Gasteiger partial charge >= 0.3 is 0 Å². The van der Waals surface area contributed by atoms with E-state index < -0.39 is 10.0 Å². The Bertz CT molecular complexity index is 1110. The summed E-state index contributed by atoms with van der Waals surface area (Å²) in [6.45, 7) is 3.89. The van der Waals surface area contributed by atoms with Gasteiger partial charge < -0.3 is 0 Å². The van der Waals surface area contributed by atoms with Gasteiger partial charge in [-0.1, -0.05) is 23.9 Å². The normalized spacial score (nSPS) is 11.4. The molecule has 1 aromatic heterocycles. The predicted octanol–water partition coefficient (Wildman–Crippen LogP) is 3.23. The maximum absolute atomic E-state index is 12.5. The van der Waals surface area contributed by atoms with E-state index >= 15 is 0 Å². The Balaban J connectivity index is 1.72. The number of nitrogens with zero attached hydrogens (tertiary/aromatic N) is 3. The van der Waals surface area contributed by atoms with Gasteiger partial charge in [0.05, 0.1) is 12.0 Å². The summed E-state index contributed by atoms with van der Waals surface area (Å²) in [6, 6.07) is 14.3. The predicted molar refractivity (Wildman–Crippen MR) is 111 cm³/mol. The molecule has 0 aliphatic carbocycles. The number of anilines is 1. The zero-order valence-corrected chi connectivity index (χ0v) is 17.3. The number of nitrogens with one attached hydrogen (secondary N) is 1. The largest absolute Gasteiger partial charge is 0.293 e. The van der Waals surface area contributed by atoms with Crippen molar-refractivity contribution in [3.8, 4) is 5.69 Å². The van der Waals surface area contributed by atoms with E-state index in [-0.39, 0.29) is 11.5 Å². The minimum absolute atomic E-state index is 0.0765. The lowest BCUT2D eigenvalue weighted by molar-refractivity contribution is 0.102. The molecule has 2 aromatic carbocycles. The number of Topliss-reactive ketones (excluding diaryl/α,β-unsaturated/α-hetero) is 1. The number of hydrogen-bond acceptors (Lipinski definition) is 6. The molecular formula is C19H20N4O3S2. The van der Waals surface area contributed by atoms with E-state index in [9.17, 15) is 13.2 Å². The van der Waals surface area contributed by atoms with Crippen molar-refractivity contribution in [2.75, 3.05) is 16.7 Å². The molecule has 0 unspecified atom stereocenters. The van der Waals surface area contributed by atoms with Gasteiger partial charge in [0.25, 0.3) is 0 Å². The standard InChI is InChI=1S/C19H20N4O3S2/c1-13-5-4-6-17(11-13)23-14(2)20-21-19(23)27-12-18(24)15-7-9-16(10-8-15)22-28(3,25)26/h4-11,22H,12H2,1-3H3. The lowest BCUT2D eigenvalue weighted by atomic mass is 10.1. The fourth-order valence-corrected chi connectivity index (χ4v) is 4.11. The number of hydrogen-bond donors (Lipinski definition) is 1. The van der Waals surface area contributed by atoms with E-state index in [0.717, 1.165) is 23.3 Å². The highest BCUT2D eigenvalue weighted by molar-refractivity contribution is 7.99. The second-order valence-electron chi connectivity index (χ2n) is 6.37. The Morgan fingerprint density at radius 2 is 1.82 bits per heavy atom. The van der Waals surface area contributed by atoms with Crippen molar-refractivity contribution in [3.05, 3.63) is 65.5 Å². The first kappa shape index (κ1) is 20.1. The first-order valence-electron chi connectivity index (χ1n) is 8.46. The average molecular weight is 417 g/mol. The van der Waals surface area contributed by atoms with Gasteiger partial charge in [0.15, 0.2) is 10.9 Å². The first-order chi connectivity index (χ1) is 13.2. The Labute approximate surface area is 168 Å². The van der Waals surface area contributed by atoms with Crippen LogP contribution in [0.2, 0.25) is 0 Å². The maximum Gasteiger partial charge on any atom is 0.229 e. The number of thioether (sulfide) groups is 1. The number of rotatable bonds is 7. The number of aryl methyl sites for hydroxylation is 2. The molecule has 0 aliphatic heterocycles. The summed E-state index contributed by atoms with van der Waals surface area (Å²) in [5, 5.41) is 8.97. The van der Waals surface area contributed by atoms with Gasteiger partial charge in [-0.15, -0.1) is 10.2 Å². The maximum atomic E-state index is 12.5. The van der Waals surface area contributed by atoms with Crippen molar-refractivity contribution in [2.45, 2.75) is 19.0 Å².